The molecule has 2 N–H and O–H groups in total. The summed E-state index contributed by atoms with van der Waals surface area (Å²) >= 11 is 1.86. The highest BCUT2D eigenvalue weighted by molar-refractivity contribution is 7.99. The van der Waals surface area contributed by atoms with Crippen LogP contribution in [0.4, 0.5) is 0 Å². The van der Waals surface area contributed by atoms with Crippen LogP contribution in [0.15, 0.2) is 17.6 Å². The molecule has 2 unspecified atom stereocenters. The molecule has 0 radical (unpaired) electrons. The van der Waals surface area contributed by atoms with Crippen LogP contribution in [0.3, 0.4) is 0 Å². The summed E-state index contributed by atoms with van der Waals surface area (Å²) in [6.45, 7) is 4.69. The monoisotopic (exact) mass is 225 g/mol. The predicted molar refractivity (Wildman–Crippen MR) is 64.1 cm³/mol. The van der Waals surface area contributed by atoms with Gasteiger partial charge < -0.3 is 10.3 Å². The second-order valence-corrected chi connectivity index (χ2v) is 6.07. The average Bonchev–Trinajstić information content (AvgIpc) is 2.75. The fraction of sp³-hybridized carbons (Fsp3) is 0.727. The first-order valence-corrected chi connectivity index (χ1v) is 6.35. The van der Waals surface area contributed by atoms with Gasteiger partial charge in [0.05, 0.1) is 0 Å². The van der Waals surface area contributed by atoms with Gasteiger partial charge in [0.25, 0.3) is 0 Å². The van der Waals surface area contributed by atoms with Gasteiger partial charge in [-0.15, -0.1) is 0 Å². The summed E-state index contributed by atoms with van der Waals surface area (Å²) in [5.41, 5.74) is 0.402. The van der Waals surface area contributed by atoms with Crippen LogP contribution >= 0.6 is 11.8 Å². The molecule has 84 valence electrons. The van der Waals surface area contributed by atoms with Crippen molar-refractivity contribution in [2.24, 2.45) is 5.41 Å². The van der Waals surface area contributed by atoms with Crippen molar-refractivity contribution in [2.75, 3.05) is 7.05 Å². The van der Waals surface area contributed by atoms with E-state index >= 15 is 0 Å². The predicted octanol–water partition coefficient (Wildman–Crippen LogP) is 2.28. The maximum atomic E-state index is 4.28. The second kappa shape index (κ2) is 4.18. The lowest BCUT2D eigenvalue weighted by Crippen LogP contribution is -2.41. The van der Waals surface area contributed by atoms with Crippen molar-refractivity contribution in [2.45, 2.75) is 43.1 Å². The maximum absolute atomic E-state index is 4.28. The number of rotatable bonds is 3. The number of nitrogens with one attached hydrogen (secondary N) is 2. The van der Waals surface area contributed by atoms with Crippen molar-refractivity contribution in [1.29, 1.82) is 0 Å². The molecule has 2 atom stereocenters. The quantitative estimate of drug-likeness (QED) is 0.829. The summed E-state index contributed by atoms with van der Waals surface area (Å²) in [5, 5.41) is 5.13. The number of imidazole rings is 1. The van der Waals surface area contributed by atoms with Gasteiger partial charge in [-0.1, -0.05) is 25.6 Å². The number of nitrogens with zero attached hydrogens (tertiary/aromatic N) is 1. The third kappa shape index (κ3) is 2.21. The normalized spacial score (nSPS) is 29.5. The molecule has 1 fully saturated rings. The molecule has 0 spiro atoms. The molecule has 1 heterocycles. The number of H-pyrrole nitrogens is 1. The minimum atomic E-state index is 0.402. The minimum Gasteiger partial charge on any atom is -0.340 e. The zero-order chi connectivity index (χ0) is 10.9. The van der Waals surface area contributed by atoms with E-state index in [9.17, 15) is 0 Å². The molecule has 1 aromatic heterocycles. The van der Waals surface area contributed by atoms with E-state index in [1.54, 1.807) is 0 Å². The van der Waals surface area contributed by atoms with Crippen LogP contribution in [0.2, 0.25) is 0 Å². The Labute approximate surface area is 95.4 Å². The fourth-order valence-corrected chi connectivity index (χ4v) is 3.92. The molecule has 0 aromatic carbocycles. The molecule has 1 aliphatic carbocycles. The van der Waals surface area contributed by atoms with E-state index in [1.165, 1.54) is 12.8 Å². The number of thioether (sulfide) groups is 1. The Kier molecular flexibility index (Phi) is 3.07. The van der Waals surface area contributed by atoms with E-state index in [0.717, 1.165) is 5.16 Å². The highest BCUT2D eigenvalue weighted by Gasteiger charge is 2.41. The van der Waals surface area contributed by atoms with E-state index in [2.05, 4.69) is 36.2 Å². The summed E-state index contributed by atoms with van der Waals surface area (Å²) < 4.78 is 0. The van der Waals surface area contributed by atoms with Crippen LogP contribution in [0.1, 0.15) is 26.7 Å². The van der Waals surface area contributed by atoms with Gasteiger partial charge in [0.2, 0.25) is 0 Å². The van der Waals surface area contributed by atoms with Gasteiger partial charge in [0.1, 0.15) is 0 Å². The minimum absolute atomic E-state index is 0.402. The third-order valence-electron chi connectivity index (χ3n) is 3.33. The molecule has 0 aliphatic heterocycles. The van der Waals surface area contributed by atoms with Gasteiger partial charge in [-0.25, -0.2) is 4.98 Å². The van der Waals surface area contributed by atoms with Gasteiger partial charge in [0.15, 0.2) is 5.16 Å². The van der Waals surface area contributed by atoms with Crippen molar-refractivity contribution < 1.29 is 0 Å². The molecule has 15 heavy (non-hydrogen) atoms. The first kappa shape index (κ1) is 11.0. The standard InChI is InChI=1S/C11H19N3S/c1-11(2)5-4-8(9(11)12-3)15-10-13-6-7-14-10/h6-9,12H,4-5H2,1-3H3,(H,13,14). The Bertz CT molecular complexity index is 308. The van der Waals surface area contributed by atoms with E-state index < -0.39 is 0 Å². The highest BCUT2D eigenvalue weighted by Crippen LogP contribution is 2.44. The molecule has 2 rings (SSSR count). The summed E-state index contributed by atoms with van der Waals surface area (Å²) in [5.74, 6) is 0. The van der Waals surface area contributed by atoms with Gasteiger partial charge in [-0.3, -0.25) is 0 Å². The van der Waals surface area contributed by atoms with E-state index in [1.807, 2.05) is 24.2 Å². The summed E-state index contributed by atoms with van der Waals surface area (Å²) in [6.07, 6.45) is 6.26. The molecule has 1 aromatic rings. The lowest BCUT2D eigenvalue weighted by atomic mass is 9.87. The SMILES string of the molecule is CNC1C(Sc2ncc[nH]2)CCC1(C)C. The number of hydrogen-bond acceptors (Lipinski definition) is 3. The molecule has 1 saturated carbocycles. The fourth-order valence-electron chi connectivity index (χ4n) is 2.50. The van der Waals surface area contributed by atoms with Gasteiger partial charge in [-0.05, 0) is 25.3 Å². The van der Waals surface area contributed by atoms with Crippen molar-refractivity contribution in [3.05, 3.63) is 12.4 Å². The van der Waals surface area contributed by atoms with Crippen molar-refractivity contribution in [3.63, 3.8) is 0 Å². The van der Waals surface area contributed by atoms with Crippen LogP contribution < -0.4 is 5.32 Å². The van der Waals surface area contributed by atoms with E-state index in [0.29, 0.717) is 16.7 Å². The van der Waals surface area contributed by atoms with E-state index in [-0.39, 0.29) is 0 Å². The molecule has 0 saturated heterocycles. The summed E-state index contributed by atoms with van der Waals surface area (Å²) in [4.78, 5) is 7.44. The Balaban J connectivity index is 2.04. The number of hydrogen-bond donors (Lipinski definition) is 2. The largest absolute Gasteiger partial charge is 0.340 e. The van der Waals surface area contributed by atoms with E-state index in [4.69, 9.17) is 0 Å². The second-order valence-electron chi connectivity index (χ2n) is 4.84. The average molecular weight is 225 g/mol. The lowest BCUT2D eigenvalue weighted by Gasteiger charge is -2.29. The smallest absolute Gasteiger partial charge is 0.165 e. The van der Waals surface area contributed by atoms with Crippen molar-refractivity contribution >= 4 is 11.8 Å². The third-order valence-corrected chi connectivity index (χ3v) is 4.59. The molecule has 0 amide bonds. The van der Waals surface area contributed by atoms with Crippen LogP contribution in [-0.4, -0.2) is 28.3 Å². The highest BCUT2D eigenvalue weighted by atomic mass is 32.2. The number of aromatic nitrogens is 2. The first-order chi connectivity index (χ1) is 7.13. The van der Waals surface area contributed by atoms with Crippen molar-refractivity contribution in [3.8, 4) is 0 Å². The van der Waals surface area contributed by atoms with Gasteiger partial charge >= 0.3 is 0 Å². The van der Waals surface area contributed by atoms with Crippen molar-refractivity contribution in [1.82, 2.24) is 15.3 Å². The van der Waals surface area contributed by atoms with Crippen LogP contribution in [0.25, 0.3) is 0 Å². The van der Waals surface area contributed by atoms with Crippen LogP contribution in [0, 0.1) is 5.41 Å². The number of aromatic amines is 1. The van der Waals surface area contributed by atoms with Gasteiger partial charge in [-0.2, -0.15) is 0 Å². The molecule has 4 heteroatoms. The van der Waals surface area contributed by atoms with Crippen LogP contribution in [0.5, 0.6) is 0 Å². The molecular weight excluding hydrogens is 206 g/mol. The topological polar surface area (TPSA) is 40.7 Å². The Morgan fingerprint density at radius 2 is 2.40 bits per heavy atom. The summed E-state index contributed by atoms with van der Waals surface area (Å²) in [6, 6.07) is 0.576. The zero-order valence-electron chi connectivity index (χ0n) is 9.58. The first-order valence-electron chi connectivity index (χ1n) is 5.47. The lowest BCUT2D eigenvalue weighted by molar-refractivity contribution is 0.300. The molecule has 0 bridgehead atoms. The maximum Gasteiger partial charge on any atom is 0.165 e. The Morgan fingerprint density at radius 1 is 1.60 bits per heavy atom. The van der Waals surface area contributed by atoms with Gasteiger partial charge in [0, 0.05) is 23.7 Å². The Morgan fingerprint density at radius 3 is 3.00 bits per heavy atom. The molecule has 3 nitrogen and oxygen atoms in total. The van der Waals surface area contributed by atoms with Crippen LogP contribution in [-0.2, 0) is 0 Å². The summed E-state index contributed by atoms with van der Waals surface area (Å²) in [7, 11) is 2.06. The zero-order valence-corrected chi connectivity index (χ0v) is 10.4. The Hall–Kier alpha value is -0.480. The molecular formula is C11H19N3S. The molecule has 1 aliphatic rings.